The molecular weight excluding hydrogens is 331 g/mol. The van der Waals surface area contributed by atoms with Gasteiger partial charge in [-0.05, 0) is 35.4 Å². The molecule has 0 aliphatic carbocycles. The van der Waals surface area contributed by atoms with Crippen LogP contribution in [0, 0.1) is 0 Å². The van der Waals surface area contributed by atoms with Crippen LogP contribution in [0.25, 0.3) is 33.3 Å². The molecule has 0 N–H and O–H groups in total. The monoisotopic (exact) mass is 345 g/mol. The molecule has 26 heavy (non-hydrogen) atoms. The summed E-state index contributed by atoms with van der Waals surface area (Å²) in [7, 11) is -2.88. The molecular formula is C21H14BF2NO. The molecule has 3 aromatic carbocycles. The molecule has 1 heterocycles. The van der Waals surface area contributed by atoms with Crippen molar-refractivity contribution < 1.29 is 13.3 Å². The first kappa shape index (κ1) is 16.3. The van der Waals surface area contributed by atoms with Gasteiger partial charge >= 0.3 is 7.47 Å². The zero-order valence-corrected chi connectivity index (χ0v) is 13.8. The van der Waals surface area contributed by atoms with Crippen LogP contribution < -0.4 is 4.65 Å². The number of fused-ring (bicyclic) bond motifs is 1. The molecule has 5 heteroatoms. The first-order valence-electron chi connectivity index (χ1n) is 8.22. The van der Waals surface area contributed by atoms with E-state index >= 15 is 0 Å². The van der Waals surface area contributed by atoms with Crippen molar-refractivity contribution in [1.29, 1.82) is 0 Å². The van der Waals surface area contributed by atoms with Gasteiger partial charge in [0.25, 0.3) is 0 Å². The normalized spacial score (nSPS) is 10.7. The van der Waals surface area contributed by atoms with E-state index in [2.05, 4.69) is 9.64 Å². The number of halogens is 2. The Morgan fingerprint density at radius 3 is 2.23 bits per heavy atom. The molecule has 4 aromatic rings. The minimum absolute atomic E-state index is 0.115. The summed E-state index contributed by atoms with van der Waals surface area (Å²) in [4.78, 5) is 4.67. The summed E-state index contributed by atoms with van der Waals surface area (Å²) in [5.41, 5.74) is 3.97. The van der Waals surface area contributed by atoms with Gasteiger partial charge in [0.1, 0.15) is 5.75 Å². The number of pyridine rings is 1. The fourth-order valence-electron chi connectivity index (χ4n) is 3.05. The lowest BCUT2D eigenvalue weighted by molar-refractivity contribution is 0.427. The number of nitrogens with zero attached hydrogens (tertiary/aromatic N) is 1. The summed E-state index contributed by atoms with van der Waals surface area (Å²) in [6, 6.07) is 26.4. The molecule has 4 rings (SSSR count). The Bertz CT molecular complexity index is 1050. The van der Waals surface area contributed by atoms with E-state index in [0.29, 0.717) is 11.3 Å². The lowest BCUT2D eigenvalue weighted by Gasteiger charge is -2.13. The van der Waals surface area contributed by atoms with E-state index in [-0.39, 0.29) is 5.75 Å². The standard InChI is InChI=1S/C21H14BF2NO/c23-22(24)26-21-13-7-5-11-17(21)20-14-18(15-8-2-1-3-9-15)16-10-4-6-12-19(16)25-20/h1-14H. The van der Waals surface area contributed by atoms with Crippen LogP contribution in [-0.4, -0.2) is 12.5 Å². The van der Waals surface area contributed by atoms with Gasteiger partial charge in [-0.2, -0.15) is 0 Å². The maximum absolute atomic E-state index is 12.8. The smallest absolute Gasteiger partial charge is 0.505 e. The number of hydrogen-bond acceptors (Lipinski definition) is 2. The van der Waals surface area contributed by atoms with E-state index < -0.39 is 7.47 Å². The van der Waals surface area contributed by atoms with Crippen LogP contribution in [0.4, 0.5) is 8.63 Å². The highest BCUT2D eigenvalue weighted by atomic mass is 19.2. The van der Waals surface area contributed by atoms with Gasteiger partial charge < -0.3 is 4.65 Å². The van der Waals surface area contributed by atoms with Gasteiger partial charge in [0.2, 0.25) is 0 Å². The Kier molecular flexibility index (Phi) is 4.36. The van der Waals surface area contributed by atoms with Crippen molar-refractivity contribution in [2.45, 2.75) is 0 Å². The molecule has 0 saturated carbocycles. The molecule has 0 amide bonds. The Balaban J connectivity index is 1.96. The van der Waals surface area contributed by atoms with E-state index in [1.54, 1.807) is 18.2 Å². The van der Waals surface area contributed by atoms with Crippen LogP contribution >= 0.6 is 0 Å². The second-order valence-electron chi connectivity index (χ2n) is 5.81. The van der Waals surface area contributed by atoms with E-state index in [4.69, 9.17) is 0 Å². The molecule has 0 fully saturated rings. The Hall–Kier alpha value is -3.21. The third kappa shape index (κ3) is 3.16. The largest absolute Gasteiger partial charge is 0.796 e. The zero-order chi connectivity index (χ0) is 17.9. The van der Waals surface area contributed by atoms with Crippen molar-refractivity contribution in [1.82, 2.24) is 4.98 Å². The molecule has 0 unspecified atom stereocenters. The van der Waals surface area contributed by atoms with Crippen LogP contribution in [0.1, 0.15) is 0 Å². The van der Waals surface area contributed by atoms with Crippen LogP contribution in [0.2, 0.25) is 0 Å². The van der Waals surface area contributed by atoms with Gasteiger partial charge in [0, 0.05) is 10.9 Å². The summed E-state index contributed by atoms with van der Waals surface area (Å²) < 4.78 is 30.2. The second kappa shape index (κ2) is 6.96. The quantitative estimate of drug-likeness (QED) is 0.432. The van der Waals surface area contributed by atoms with E-state index in [1.165, 1.54) is 6.07 Å². The summed E-state index contributed by atoms with van der Waals surface area (Å²) in [6.45, 7) is 0. The number of para-hydroxylation sites is 2. The number of rotatable bonds is 4. The fourth-order valence-corrected chi connectivity index (χ4v) is 3.05. The second-order valence-corrected chi connectivity index (χ2v) is 5.81. The predicted molar refractivity (Wildman–Crippen MR) is 101 cm³/mol. The number of benzene rings is 3. The summed E-state index contributed by atoms with van der Waals surface area (Å²) >= 11 is 0. The molecule has 0 radical (unpaired) electrons. The van der Waals surface area contributed by atoms with E-state index in [9.17, 15) is 8.63 Å². The summed E-state index contributed by atoms with van der Waals surface area (Å²) in [5.74, 6) is 0.115. The average molecular weight is 345 g/mol. The maximum atomic E-state index is 12.8. The minimum atomic E-state index is -2.88. The molecule has 126 valence electrons. The summed E-state index contributed by atoms with van der Waals surface area (Å²) in [5, 5.41) is 1.01. The van der Waals surface area contributed by atoms with Gasteiger partial charge in [-0.25, -0.2) is 13.6 Å². The molecule has 1 aromatic heterocycles. The Morgan fingerprint density at radius 1 is 0.731 bits per heavy atom. The molecule has 2 nitrogen and oxygen atoms in total. The first-order chi connectivity index (χ1) is 12.7. The third-order valence-corrected chi connectivity index (χ3v) is 4.18. The van der Waals surface area contributed by atoms with Gasteiger partial charge in [-0.15, -0.1) is 0 Å². The SMILES string of the molecule is FB(F)Oc1ccccc1-c1cc(-c2ccccc2)c2ccccc2n1. The molecule has 0 atom stereocenters. The van der Waals surface area contributed by atoms with Crippen molar-refractivity contribution in [2.75, 3.05) is 0 Å². The van der Waals surface area contributed by atoms with Gasteiger partial charge in [0.15, 0.2) is 0 Å². The summed E-state index contributed by atoms with van der Waals surface area (Å²) in [6.07, 6.45) is 0. The third-order valence-electron chi connectivity index (χ3n) is 4.18. The van der Waals surface area contributed by atoms with Crippen LogP contribution in [0.15, 0.2) is 84.9 Å². The highest BCUT2D eigenvalue weighted by Gasteiger charge is 2.21. The van der Waals surface area contributed by atoms with Crippen molar-refractivity contribution in [3.63, 3.8) is 0 Å². The van der Waals surface area contributed by atoms with E-state index in [0.717, 1.165) is 22.0 Å². The van der Waals surface area contributed by atoms with Crippen molar-refractivity contribution in [3.8, 4) is 28.1 Å². The lowest BCUT2D eigenvalue weighted by Crippen LogP contribution is -2.09. The molecule has 0 aliphatic rings. The minimum Gasteiger partial charge on any atom is -0.505 e. The van der Waals surface area contributed by atoms with Crippen molar-refractivity contribution in [2.24, 2.45) is 0 Å². The average Bonchev–Trinajstić information content (AvgIpc) is 2.68. The number of aromatic nitrogens is 1. The van der Waals surface area contributed by atoms with Gasteiger partial charge in [-0.1, -0.05) is 60.7 Å². The van der Waals surface area contributed by atoms with Gasteiger partial charge in [-0.3, -0.25) is 0 Å². The van der Waals surface area contributed by atoms with Crippen molar-refractivity contribution in [3.05, 3.63) is 84.9 Å². The molecule has 0 spiro atoms. The number of hydrogen-bond donors (Lipinski definition) is 0. The lowest BCUT2D eigenvalue weighted by atomic mass is 9.98. The van der Waals surface area contributed by atoms with E-state index in [1.807, 2.05) is 60.7 Å². The first-order valence-corrected chi connectivity index (χ1v) is 8.22. The highest BCUT2D eigenvalue weighted by Crippen LogP contribution is 2.35. The van der Waals surface area contributed by atoms with Crippen LogP contribution in [-0.2, 0) is 0 Å². The zero-order valence-electron chi connectivity index (χ0n) is 13.8. The predicted octanol–water partition coefficient (Wildman–Crippen LogP) is 5.87. The van der Waals surface area contributed by atoms with Crippen LogP contribution in [0.5, 0.6) is 5.75 Å². The van der Waals surface area contributed by atoms with Gasteiger partial charge in [0.05, 0.1) is 11.2 Å². The Labute approximate surface area is 150 Å². The molecule has 0 saturated heterocycles. The van der Waals surface area contributed by atoms with Crippen molar-refractivity contribution >= 4 is 18.4 Å². The fraction of sp³-hybridized carbons (Fsp3) is 0. The Morgan fingerprint density at radius 2 is 1.42 bits per heavy atom. The molecule has 0 bridgehead atoms. The molecule has 0 aliphatic heterocycles. The van der Waals surface area contributed by atoms with Crippen LogP contribution in [0.3, 0.4) is 0 Å². The highest BCUT2D eigenvalue weighted by molar-refractivity contribution is 6.35. The topological polar surface area (TPSA) is 22.1 Å². The maximum Gasteiger partial charge on any atom is 0.796 e.